The van der Waals surface area contributed by atoms with Crippen molar-refractivity contribution in [3.05, 3.63) is 18.3 Å². The van der Waals surface area contributed by atoms with Crippen LogP contribution in [0.4, 0.5) is 26.7 Å². The first-order valence-electron chi connectivity index (χ1n) is 9.31. The predicted molar refractivity (Wildman–Crippen MR) is 92.0 cm³/mol. The third kappa shape index (κ3) is 5.48. The van der Waals surface area contributed by atoms with E-state index in [1.54, 1.807) is 6.92 Å². The smallest absolute Gasteiger partial charge is 0.409 e. The van der Waals surface area contributed by atoms with Gasteiger partial charge in [-0.05, 0) is 25.8 Å². The van der Waals surface area contributed by atoms with Gasteiger partial charge in [-0.3, -0.25) is 9.69 Å². The highest BCUT2D eigenvalue weighted by Crippen LogP contribution is 2.33. The van der Waals surface area contributed by atoms with Crippen LogP contribution in [0.15, 0.2) is 18.3 Å². The van der Waals surface area contributed by atoms with Gasteiger partial charge in [0.05, 0.1) is 18.8 Å². The summed E-state index contributed by atoms with van der Waals surface area (Å²) in [5.74, 6) is -4.44. The summed E-state index contributed by atoms with van der Waals surface area (Å²) in [5.41, 5.74) is 0. The highest BCUT2D eigenvalue weighted by atomic mass is 19.4. The molecule has 7 nitrogen and oxygen atoms in total. The quantitative estimate of drug-likeness (QED) is 0.676. The number of rotatable bonds is 3. The second-order valence-electron chi connectivity index (χ2n) is 7.38. The first kappa shape index (κ1) is 22.0. The topological polar surface area (TPSA) is 72.0 Å². The average molecular weight is 437 g/mol. The zero-order valence-corrected chi connectivity index (χ0v) is 16.0. The van der Waals surface area contributed by atoms with E-state index in [1.807, 2.05) is 0 Å². The van der Waals surface area contributed by atoms with E-state index >= 15 is 0 Å². The van der Waals surface area contributed by atoms with Crippen LogP contribution in [0, 0.1) is 0 Å². The molecule has 1 unspecified atom stereocenters. The number of carbonyl (C=O) groups is 2. The summed E-state index contributed by atoms with van der Waals surface area (Å²) in [5, 5.41) is 0. The van der Waals surface area contributed by atoms with Crippen LogP contribution in [0.1, 0.15) is 32.6 Å². The number of pyridine rings is 1. The van der Waals surface area contributed by atoms with Gasteiger partial charge in [0.2, 0.25) is 11.8 Å². The van der Waals surface area contributed by atoms with Crippen molar-refractivity contribution in [1.82, 2.24) is 14.8 Å². The van der Waals surface area contributed by atoms with Crippen molar-refractivity contribution < 1.29 is 41.0 Å². The van der Waals surface area contributed by atoms with Crippen LogP contribution in [-0.4, -0.2) is 64.2 Å². The molecule has 0 aliphatic carbocycles. The highest BCUT2D eigenvalue weighted by Gasteiger charge is 2.46. The molecule has 2 saturated heterocycles. The third-order valence-corrected chi connectivity index (χ3v) is 4.95. The number of halogens is 5. The maximum Gasteiger partial charge on any atom is 0.574 e. The fraction of sp³-hybridized carbons (Fsp3) is 0.611. The van der Waals surface area contributed by atoms with E-state index in [0.717, 1.165) is 23.2 Å². The summed E-state index contributed by atoms with van der Waals surface area (Å²) in [6.07, 6.45) is -4.13. The van der Waals surface area contributed by atoms with Gasteiger partial charge in [0, 0.05) is 31.5 Å². The molecule has 12 heteroatoms. The molecule has 1 aromatic heterocycles. The van der Waals surface area contributed by atoms with Gasteiger partial charge in [-0.2, -0.15) is 0 Å². The Morgan fingerprint density at radius 1 is 1.30 bits per heavy atom. The lowest BCUT2D eigenvalue weighted by atomic mass is 9.94. The summed E-state index contributed by atoms with van der Waals surface area (Å²) in [6, 6.07) is 0.762. The Labute approximate surface area is 168 Å². The van der Waals surface area contributed by atoms with E-state index in [0.29, 0.717) is 12.8 Å². The van der Waals surface area contributed by atoms with E-state index in [-0.39, 0.29) is 30.7 Å². The minimum Gasteiger partial charge on any atom is -0.409 e. The van der Waals surface area contributed by atoms with Gasteiger partial charge in [-0.25, -0.2) is 18.6 Å². The zero-order valence-electron chi connectivity index (χ0n) is 16.0. The Morgan fingerprint density at radius 2 is 2.03 bits per heavy atom. The molecule has 0 saturated carbocycles. The van der Waals surface area contributed by atoms with Crippen LogP contribution in [0.2, 0.25) is 0 Å². The molecule has 0 radical (unpaired) electrons. The summed E-state index contributed by atoms with van der Waals surface area (Å²) in [6.45, 7) is 0.761. The van der Waals surface area contributed by atoms with Crippen LogP contribution >= 0.6 is 0 Å². The minimum absolute atomic E-state index is 0.132. The third-order valence-electron chi connectivity index (χ3n) is 4.95. The molecule has 30 heavy (non-hydrogen) atoms. The number of amides is 2. The van der Waals surface area contributed by atoms with Gasteiger partial charge in [0.1, 0.15) is 0 Å². The molecule has 0 bridgehead atoms. The van der Waals surface area contributed by atoms with Crippen molar-refractivity contribution in [3.63, 3.8) is 0 Å². The van der Waals surface area contributed by atoms with E-state index < -0.39 is 43.3 Å². The lowest BCUT2D eigenvalue weighted by molar-refractivity contribution is -0.276. The molecule has 2 aliphatic rings. The van der Waals surface area contributed by atoms with Crippen molar-refractivity contribution in [2.45, 2.75) is 57.0 Å². The van der Waals surface area contributed by atoms with Gasteiger partial charge in [-0.1, -0.05) is 0 Å². The number of alkyl halides is 5. The highest BCUT2D eigenvalue weighted by molar-refractivity contribution is 5.78. The summed E-state index contributed by atoms with van der Waals surface area (Å²) < 4.78 is 73.7. The lowest BCUT2D eigenvalue weighted by Gasteiger charge is -2.45. The van der Waals surface area contributed by atoms with Gasteiger partial charge in [0.15, 0.2) is 5.75 Å². The Balaban J connectivity index is 1.68. The minimum atomic E-state index is -4.93. The molecule has 1 aromatic rings. The Bertz CT molecular complexity index is 787. The number of nitrogens with zero attached hydrogens (tertiary/aromatic N) is 3. The van der Waals surface area contributed by atoms with E-state index in [4.69, 9.17) is 4.74 Å². The molecular formula is C18H20F5N3O4. The van der Waals surface area contributed by atoms with Crippen molar-refractivity contribution in [3.8, 4) is 11.6 Å². The summed E-state index contributed by atoms with van der Waals surface area (Å²) in [4.78, 5) is 30.2. The van der Waals surface area contributed by atoms with Crippen LogP contribution in [0.25, 0.3) is 0 Å². The van der Waals surface area contributed by atoms with Crippen LogP contribution in [0.3, 0.4) is 0 Å². The monoisotopic (exact) mass is 437 g/mol. The van der Waals surface area contributed by atoms with Crippen molar-refractivity contribution >= 4 is 12.0 Å². The second kappa shape index (κ2) is 8.23. The van der Waals surface area contributed by atoms with Crippen molar-refractivity contribution in [2.24, 2.45) is 0 Å². The van der Waals surface area contributed by atoms with Crippen molar-refractivity contribution in [1.29, 1.82) is 0 Å². The molecule has 2 aliphatic heterocycles. The molecule has 2 fully saturated rings. The van der Waals surface area contributed by atoms with Crippen LogP contribution in [-0.2, 0) is 4.79 Å². The fourth-order valence-corrected chi connectivity index (χ4v) is 3.80. The van der Waals surface area contributed by atoms with E-state index in [9.17, 15) is 31.5 Å². The number of hydrogen-bond donors (Lipinski definition) is 0. The van der Waals surface area contributed by atoms with Crippen LogP contribution in [0.5, 0.6) is 11.6 Å². The Morgan fingerprint density at radius 3 is 2.63 bits per heavy atom. The number of ether oxygens (including phenoxy) is 2. The average Bonchev–Trinajstić information content (AvgIpc) is 2.60. The normalized spacial score (nSPS) is 24.5. The standard InChI is InChI=1S/C18H20F5N3O4/c1-11-3-2-4-15(27)26(11)12-7-17(19,20)10-25(9-12)16(28)29-13-5-6-14(24-8-13)30-18(21,22)23/h5-6,8,11-12H,2-4,7,9-10H2,1H3/t11?,12-/m1/s1. The molecule has 2 atom stereocenters. The second-order valence-corrected chi connectivity index (χ2v) is 7.38. The number of piperidine rings is 2. The number of hydrogen-bond acceptors (Lipinski definition) is 5. The van der Waals surface area contributed by atoms with Gasteiger partial charge >= 0.3 is 12.5 Å². The van der Waals surface area contributed by atoms with Gasteiger partial charge in [-0.15, -0.1) is 13.2 Å². The first-order valence-corrected chi connectivity index (χ1v) is 9.31. The molecular weight excluding hydrogens is 417 g/mol. The molecule has 0 aromatic carbocycles. The SMILES string of the molecule is CC1CCCC(=O)N1[C@H]1CN(C(=O)Oc2ccc(OC(F)(F)F)nc2)CC(F)(F)C1. The molecule has 0 N–H and O–H groups in total. The summed E-state index contributed by atoms with van der Waals surface area (Å²) >= 11 is 0. The van der Waals surface area contributed by atoms with Gasteiger partial charge < -0.3 is 14.4 Å². The number of aromatic nitrogens is 1. The van der Waals surface area contributed by atoms with Crippen LogP contribution < -0.4 is 9.47 Å². The number of carbonyl (C=O) groups excluding carboxylic acids is 2. The van der Waals surface area contributed by atoms with E-state index in [1.165, 1.54) is 4.90 Å². The molecule has 2 amide bonds. The molecule has 3 rings (SSSR count). The summed E-state index contributed by atoms with van der Waals surface area (Å²) in [7, 11) is 0. The maximum absolute atomic E-state index is 14.3. The van der Waals surface area contributed by atoms with Crippen molar-refractivity contribution in [2.75, 3.05) is 13.1 Å². The lowest BCUT2D eigenvalue weighted by Crippen LogP contribution is -2.60. The molecule has 0 spiro atoms. The largest absolute Gasteiger partial charge is 0.574 e. The predicted octanol–water partition coefficient (Wildman–Crippen LogP) is 3.59. The molecule has 3 heterocycles. The Hall–Kier alpha value is -2.66. The Kier molecular flexibility index (Phi) is 6.04. The van der Waals surface area contributed by atoms with E-state index in [2.05, 4.69) is 9.72 Å². The zero-order chi connectivity index (χ0) is 22.1. The first-order chi connectivity index (χ1) is 13.9. The maximum atomic E-state index is 14.3. The number of likely N-dealkylation sites (tertiary alicyclic amines) is 2. The molecule has 166 valence electrons. The fourth-order valence-electron chi connectivity index (χ4n) is 3.80. The van der Waals surface area contributed by atoms with Gasteiger partial charge in [0.25, 0.3) is 5.92 Å².